The Morgan fingerprint density at radius 1 is 1.29 bits per heavy atom. The van der Waals surface area contributed by atoms with Crippen LogP contribution in [0, 0.1) is 12.3 Å². The minimum atomic E-state index is -2.66. The van der Waals surface area contributed by atoms with Gasteiger partial charge in [0.2, 0.25) is 5.92 Å². The number of halogens is 3. The van der Waals surface area contributed by atoms with E-state index in [0.29, 0.717) is 5.02 Å². The first-order valence-corrected chi connectivity index (χ1v) is 7.49. The van der Waals surface area contributed by atoms with Crippen LogP contribution in [0.3, 0.4) is 0 Å². The summed E-state index contributed by atoms with van der Waals surface area (Å²) in [6, 6.07) is 5.21. The summed E-state index contributed by atoms with van der Waals surface area (Å²) in [5.74, 6) is -2.66. The van der Waals surface area contributed by atoms with Crippen LogP contribution in [-0.2, 0) is 4.79 Å². The minimum Gasteiger partial charge on any atom is -0.312 e. The lowest BCUT2D eigenvalue weighted by Crippen LogP contribution is -2.43. The molecular formula is C16H20ClF2NO. The number of nitrogens with one attached hydrogen (secondary N) is 1. The summed E-state index contributed by atoms with van der Waals surface area (Å²) < 4.78 is 26.9. The Balaban J connectivity index is 2.39. The van der Waals surface area contributed by atoms with Crippen molar-refractivity contribution < 1.29 is 13.6 Å². The van der Waals surface area contributed by atoms with Crippen LogP contribution in [0.2, 0.25) is 5.02 Å². The zero-order chi connectivity index (χ0) is 15.7. The molecule has 1 aromatic rings. The Labute approximate surface area is 128 Å². The van der Waals surface area contributed by atoms with Gasteiger partial charge >= 0.3 is 0 Å². The zero-order valence-corrected chi connectivity index (χ0v) is 13.0. The molecule has 1 aromatic carbocycles. The van der Waals surface area contributed by atoms with E-state index in [4.69, 9.17) is 11.6 Å². The SMILES string of the molecule is CNC(c1cccc(Cl)c1C)C1(C=O)CCC(F)(F)CC1. The second-order valence-corrected chi connectivity index (χ2v) is 6.29. The monoisotopic (exact) mass is 315 g/mol. The molecule has 0 bridgehead atoms. The third kappa shape index (κ3) is 3.11. The van der Waals surface area contributed by atoms with E-state index < -0.39 is 11.3 Å². The highest BCUT2D eigenvalue weighted by atomic mass is 35.5. The predicted molar refractivity (Wildman–Crippen MR) is 79.9 cm³/mol. The van der Waals surface area contributed by atoms with Gasteiger partial charge in [0.25, 0.3) is 0 Å². The van der Waals surface area contributed by atoms with Crippen molar-refractivity contribution in [1.82, 2.24) is 5.32 Å². The van der Waals surface area contributed by atoms with Gasteiger partial charge in [0.15, 0.2) is 0 Å². The number of alkyl halides is 2. The molecule has 1 N–H and O–H groups in total. The van der Waals surface area contributed by atoms with E-state index in [0.717, 1.165) is 17.4 Å². The lowest BCUT2D eigenvalue weighted by atomic mass is 9.66. The molecule has 5 heteroatoms. The number of carbonyl (C=O) groups excluding carboxylic acids is 1. The molecular weight excluding hydrogens is 296 g/mol. The standard InChI is InChI=1S/C16H20ClF2NO/c1-11-12(4-3-5-13(11)17)14(20-2)15(10-21)6-8-16(18,19)9-7-15/h3-5,10,14,20H,6-9H2,1-2H3. The van der Waals surface area contributed by atoms with Crippen LogP contribution < -0.4 is 5.32 Å². The molecule has 0 heterocycles. The van der Waals surface area contributed by atoms with Gasteiger partial charge in [0.05, 0.1) is 0 Å². The van der Waals surface area contributed by atoms with Crippen molar-refractivity contribution in [3.05, 3.63) is 34.3 Å². The number of benzene rings is 1. The first kappa shape index (κ1) is 16.4. The number of hydrogen-bond donors (Lipinski definition) is 1. The lowest BCUT2D eigenvalue weighted by Gasteiger charge is -2.42. The highest BCUT2D eigenvalue weighted by Crippen LogP contribution is 2.49. The molecule has 0 amide bonds. The fourth-order valence-corrected chi connectivity index (χ4v) is 3.43. The van der Waals surface area contributed by atoms with Gasteiger partial charge in [-0.25, -0.2) is 8.78 Å². The number of hydrogen-bond acceptors (Lipinski definition) is 2. The highest BCUT2D eigenvalue weighted by molar-refractivity contribution is 6.31. The van der Waals surface area contributed by atoms with Crippen LogP contribution in [0.15, 0.2) is 18.2 Å². The molecule has 2 nitrogen and oxygen atoms in total. The van der Waals surface area contributed by atoms with Crippen molar-refractivity contribution in [2.45, 2.75) is 44.6 Å². The van der Waals surface area contributed by atoms with Crippen LogP contribution in [0.25, 0.3) is 0 Å². The second-order valence-electron chi connectivity index (χ2n) is 5.88. The quantitative estimate of drug-likeness (QED) is 0.839. The van der Waals surface area contributed by atoms with Gasteiger partial charge in [-0.05, 0) is 44.0 Å². The van der Waals surface area contributed by atoms with E-state index in [9.17, 15) is 13.6 Å². The topological polar surface area (TPSA) is 29.1 Å². The van der Waals surface area contributed by atoms with Gasteiger partial charge in [0.1, 0.15) is 6.29 Å². The summed E-state index contributed by atoms with van der Waals surface area (Å²) in [4.78, 5) is 11.7. The molecule has 0 aliphatic heterocycles. The van der Waals surface area contributed by atoms with E-state index in [2.05, 4.69) is 5.32 Å². The van der Waals surface area contributed by atoms with Gasteiger partial charge in [-0.1, -0.05) is 23.7 Å². The summed E-state index contributed by atoms with van der Waals surface area (Å²) in [6.45, 7) is 1.89. The Morgan fingerprint density at radius 2 is 1.90 bits per heavy atom. The summed E-state index contributed by atoms with van der Waals surface area (Å²) in [6.07, 6.45) is 0.721. The van der Waals surface area contributed by atoms with Crippen LogP contribution in [0.5, 0.6) is 0 Å². The second kappa shape index (κ2) is 6.01. The summed E-state index contributed by atoms with van der Waals surface area (Å²) in [5, 5.41) is 3.76. The molecule has 1 aliphatic rings. The first-order valence-electron chi connectivity index (χ1n) is 7.12. The molecule has 0 radical (unpaired) electrons. The maximum absolute atomic E-state index is 13.4. The first-order chi connectivity index (χ1) is 9.85. The largest absolute Gasteiger partial charge is 0.312 e. The number of rotatable bonds is 4. The van der Waals surface area contributed by atoms with Crippen molar-refractivity contribution in [2.75, 3.05) is 7.05 Å². The third-order valence-corrected chi connectivity index (χ3v) is 5.04. The Bertz CT molecular complexity index is 523. The molecule has 0 saturated heterocycles. The maximum Gasteiger partial charge on any atom is 0.248 e. The zero-order valence-electron chi connectivity index (χ0n) is 12.3. The van der Waals surface area contributed by atoms with Crippen molar-refractivity contribution in [1.29, 1.82) is 0 Å². The minimum absolute atomic E-state index is 0.182. The maximum atomic E-state index is 13.4. The smallest absolute Gasteiger partial charge is 0.248 e. The molecule has 116 valence electrons. The lowest BCUT2D eigenvalue weighted by molar-refractivity contribution is -0.127. The van der Waals surface area contributed by atoms with E-state index in [-0.39, 0.29) is 31.7 Å². The molecule has 2 rings (SSSR count). The van der Waals surface area contributed by atoms with E-state index >= 15 is 0 Å². The number of carbonyl (C=O) groups is 1. The Morgan fingerprint density at radius 3 is 2.43 bits per heavy atom. The van der Waals surface area contributed by atoms with Gasteiger partial charge in [-0.3, -0.25) is 0 Å². The molecule has 0 spiro atoms. The average molecular weight is 316 g/mol. The fourth-order valence-electron chi connectivity index (χ4n) is 3.25. The Hall–Kier alpha value is -1.00. The van der Waals surface area contributed by atoms with Gasteiger partial charge < -0.3 is 10.1 Å². The normalized spacial score (nSPS) is 21.8. The van der Waals surface area contributed by atoms with Crippen molar-refractivity contribution in [3.8, 4) is 0 Å². The van der Waals surface area contributed by atoms with Gasteiger partial charge in [-0.15, -0.1) is 0 Å². The summed E-state index contributed by atoms with van der Waals surface area (Å²) in [7, 11) is 1.75. The van der Waals surface area contributed by atoms with Crippen molar-refractivity contribution >= 4 is 17.9 Å². The third-order valence-electron chi connectivity index (χ3n) is 4.63. The van der Waals surface area contributed by atoms with Crippen LogP contribution in [0.4, 0.5) is 8.78 Å². The molecule has 1 saturated carbocycles. The molecule has 1 unspecified atom stereocenters. The van der Waals surface area contributed by atoms with Crippen LogP contribution >= 0.6 is 11.6 Å². The van der Waals surface area contributed by atoms with Gasteiger partial charge in [-0.2, -0.15) is 0 Å². The van der Waals surface area contributed by atoms with E-state index in [1.807, 2.05) is 19.1 Å². The molecule has 0 aromatic heterocycles. The van der Waals surface area contributed by atoms with E-state index in [1.165, 1.54) is 0 Å². The fraction of sp³-hybridized carbons (Fsp3) is 0.562. The van der Waals surface area contributed by atoms with Crippen LogP contribution in [0.1, 0.15) is 42.9 Å². The molecule has 1 fully saturated rings. The summed E-state index contributed by atoms with van der Waals surface area (Å²) in [5.41, 5.74) is 0.991. The van der Waals surface area contributed by atoms with Crippen LogP contribution in [-0.4, -0.2) is 19.3 Å². The summed E-state index contributed by atoms with van der Waals surface area (Å²) >= 11 is 6.15. The van der Waals surface area contributed by atoms with Crippen molar-refractivity contribution in [2.24, 2.45) is 5.41 Å². The number of aldehydes is 1. The molecule has 1 aliphatic carbocycles. The Kier molecular flexibility index (Phi) is 4.69. The average Bonchev–Trinajstić information content (AvgIpc) is 2.46. The predicted octanol–water partition coefficient (Wildman–Crippen LogP) is 4.30. The van der Waals surface area contributed by atoms with Crippen molar-refractivity contribution in [3.63, 3.8) is 0 Å². The molecule has 1 atom stereocenters. The van der Waals surface area contributed by atoms with E-state index in [1.54, 1.807) is 13.1 Å². The van der Waals surface area contributed by atoms with Gasteiger partial charge in [0, 0.05) is 29.3 Å². The molecule has 21 heavy (non-hydrogen) atoms. The highest BCUT2D eigenvalue weighted by Gasteiger charge is 2.48.